The highest BCUT2D eigenvalue weighted by molar-refractivity contribution is 5.82. The van der Waals surface area contributed by atoms with Gasteiger partial charge in [0.1, 0.15) is 0 Å². The van der Waals surface area contributed by atoms with E-state index in [0.717, 1.165) is 13.0 Å². The van der Waals surface area contributed by atoms with Gasteiger partial charge in [-0.25, -0.2) is 0 Å². The standard InChI is InChI=1S/C9H13NO/c1-3-6-10-7-5-8(4-2)9(10)11/h3-4,8H,1-2,5-7H2. The van der Waals surface area contributed by atoms with Gasteiger partial charge in [0.05, 0.1) is 5.92 Å². The van der Waals surface area contributed by atoms with Gasteiger partial charge in [-0.1, -0.05) is 12.2 Å². The van der Waals surface area contributed by atoms with E-state index in [1.807, 2.05) is 0 Å². The molecular weight excluding hydrogens is 138 g/mol. The maximum absolute atomic E-state index is 11.3. The Bertz CT molecular complexity index is 186. The van der Waals surface area contributed by atoms with Crippen molar-refractivity contribution in [2.24, 2.45) is 5.92 Å². The second-order valence-electron chi connectivity index (χ2n) is 2.70. The Balaban J connectivity index is 2.55. The second kappa shape index (κ2) is 3.37. The summed E-state index contributed by atoms with van der Waals surface area (Å²) >= 11 is 0. The molecule has 60 valence electrons. The molecule has 0 radical (unpaired) electrons. The number of carbonyl (C=O) groups is 1. The third-order valence-corrected chi connectivity index (χ3v) is 1.97. The number of hydrogen-bond acceptors (Lipinski definition) is 1. The van der Waals surface area contributed by atoms with E-state index < -0.39 is 0 Å². The fraction of sp³-hybridized carbons (Fsp3) is 0.444. The van der Waals surface area contributed by atoms with Crippen molar-refractivity contribution in [1.82, 2.24) is 4.90 Å². The molecule has 1 aliphatic heterocycles. The summed E-state index contributed by atoms with van der Waals surface area (Å²) in [7, 11) is 0. The van der Waals surface area contributed by atoms with Crippen molar-refractivity contribution < 1.29 is 4.79 Å². The molecule has 1 saturated heterocycles. The van der Waals surface area contributed by atoms with Gasteiger partial charge in [-0.2, -0.15) is 0 Å². The summed E-state index contributed by atoms with van der Waals surface area (Å²) in [6.07, 6.45) is 4.39. The van der Waals surface area contributed by atoms with E-state index in [9.17, 15) is 4.79 Å². The van der Waals surface area contributed by atoms with Crippen LogP contribution in [0.1, 0.15) is 6.42 Å². The van der Waals surface area contributed by atoms with Crippen LogP contribution >= 0.6 is 0 Å². The molecule has 1 rings (SSSR count). The summed E-state index contributed by atoms with van der Waals surface area (Å²) in [4.78, 5) is 13.1. The number of hydrogen-bond donors (Lipinski definition) is 0. The molecule has 2 heteroatoms. The van der Waals surface area contributed by atoms with Crippen LogP contribution in [0.4, 0.5) is 0 Å². The first-order valence-electron chi connectivity index (χ1n) is 3.82. The Kier molecular flexibility index (Phi) is 2.47. The third kappa shape index (κ3) is 1.50. The minimum atomic E-state index is 0.0509. The van der Waals surface area contributed by atoms with Crippen molar-refractivity contribution in [3.63, 3.8) is 0 Å². The molecule has 1 atom stereocenters. The van der Waals surface area contributed by atoms with Crippen molar-refractivity contribution in [3.05, 3.63) is 25.3 Å². The molecule has 2 nitrogen and oxygen atoms in total. The molecule has 1 fully saturated rings. The van der Waals surface area contributed by atoms with Gasteiger partial charge in [0.15, 0.2) is 0 Å². The van der Waals surface area contributed by atoms with Crippen molar-refractivity contribution in [2.75, 3.05) is 13.1 Å². The van der Waals surface area contributed by atoms with Crippen LogP contribution in [0.25, 0.3) is 0 Å². The molecule has 1 aliphatic rings. The number of carbonyl (C=O) groups excluding carboxylic acids is 1. The molecule has 0 saturated carbocycles. The van der Waals surface area contributed by atoms with Crippen LogP contribution in [0.3, 0.4) is 0 Å². The summed E-state index contributed by atoms with van der Waals surface area (Å²) in [5.41, 5.74) is 0. The minimum Gasteiger partial charge on any atom is -0.338 e. The lowest BCUT2D eigenvalue weighted by Crippen LogP contribution is -2.26. The molecule has 0 bridgehead atoms. The van der Waals surface area contributed by atoms with Crippen LogP contribution < -0.4 is 0 Å². The van der Waals surface area contributed by atoms with E-state index in [1.54, 1.807) is 17.1 Å². The van der Waals surface area contributed by atoms with Crippen LogP contribution in [-0.2, 0) is 4.79 Å². The van der Waals surface area contributed by atoms with Gasteiger partial charge in [0.25, 0.3) is 0 Å². The van der Waals surface area contributed by atoms with Crippen molar-refractivity contribution in [1.29, 1.82) is 0 Å². The zero-order chi connectivity index (χ0) is 8.27. The molecule has 0 aromatic heterocycles. The number of nitrogens with zero attached hydrogens (tertiary/aromatic N) is 1. The normalized spacial score (nSPS) is 23.8. The number of likely N-dealkylation sites (tertiary alicyclic amines) is 1. The van der Waals surface area contributed by atoms with Gasteiger partial charge in [-0.15, -0.1) is 13.2 Å². The van der Waals surface area contributed by atoms with Gasteiger partial charge in [0.2, 0.25) is 5.91 Å². The SMILES string of the molecule is C=CCN1CCC(C=C)C1=O. The average Bonchev–Trinajstić information content (AvgIpc) is 2.34. The van der Waals surface area contributed by atoms with Crippen molar-refractivity contribution in [3.8, 4) is 0 Å². The predicted octanol–water partition coefficient (Wildman–Crippen LogP) is 1.21. The summed E-state index contributed by atoms with van der Waals surface area (Å²) < 4.78 is 0. The Morgan fingerprint density at radius 1 is 1.64 bits per heavy atom. The molecule has 0 aromatic carbocycles. The molecular formula is C9H13NO. The summed E-state index contributed by atoms with van der Waals surface area (Å²) in [5.74, 6) is 0.245. The molecule has 1 unspecified atom stereocenters. The highest BCUT2D eigenvalue weighted by Gasteiger charge is 2.27. The van der Waals surface area contributed by atoms with Crippen LogP contribution in [0.5, 0.6) is 0 Å². The molecule has 1 heterocycles. The number of amides is 1. The van der Waals surface area contributed by atoms with Crippen LogP contribution in [0.2, 0.25) is 0 Å². The molecule has 0 N–H and O–H groups in total. The highest BCUT2D eigenvalue weighted by atomic mass is 16.2. The Labute approximate surface area is 67.2 Å². The van der Waals surface area contributed by atoms with Crippen molar-refractivity contribution >= 4 is 5.91 Å². The first-order chi connectivity index (χ1) is 5.29. The van der Waals surface area contributed by atoms with Gasteiger partial charge < -0.3 is 4.90 Å². The van der Waals surface area contributed by atoms with Crippen LogP contribution in [0.15, 0.2) is 25.3 Å². The Hall–Kier alpha value is -1.05. The smallest absolute Gasteiger partial charge is 0.229 e. The van der Waals surface area contributed by atoms with E-state index in [-0.39, 0.29) is 11.8 Å². The maximum Gasteiger partial charge on any atom is 0.229 e. The van der Waals surface area contributed by atoms with E-state index in [0.29, 0.717) is 6.54 Å². The average molecular weight is 151 g/mol. The zero-order valence-corrected chi connectivity index (χ0v) is 6.62. The fourth-order valence-electron chi connectivity index (χ4n) is 1.32. The summed E-state index contributed by atoms with van der Waals surface area (Å²) in [6, 6.07) is 0. The quantitative estimate of drug-likeness (QED) is 0.555. The predicted molar refractivity (Wildman–Crippen MR) is 45.1 cm³/mol. The molecule has 1 amide bonds. The van der Waals surface area contributed by atoms with Gasteiger partial charge >= 0.3 is 0 Å². The van der Waals surface area contributed by atoms with E-state index in [2.05, 4.69) is 13.2 Å². The topological polar surface area (TPSA) is 20.3 Å². The lowest BCUT2D eigenvalue weighted by Gasteiger charge is -2.12. The van der Waals surface area contributed by atoms with Crippen molar-refractivity contribution in [2.45, 2.75) is 6.42 Å². The zero-order valence-electron chi connectivity index (χ0n) is 6.62. The Morgan fingerprint density at radius 3 is 2.82 bits per heavy atom. The monoisotopic (exact) mass is 151 g/mol. The second-order valence-corrected chi connectivity index (χ2v) is 2.70. The largest absolute Gasteiger partial charge is 0.338 e. The minimum absolute atomic E-state index is 0.0509. The van der Waals surface area contributed by atoms with Crippen LogP contribution in [0, 0.1) is 5.92 Å². The fourth-order valence-corrected chi connectivity index (χ4v) is 1.32. The lowest BCUT2D eigenvalue weighted by atomic mass is 10.1. The first kappa shape index (κ1) is 8.05. The summed E-state index contributed by atoms with van der Waals surface area (Å²) in [5, 5.41) is 0. The van der Waals surface area contributed by atoms with Gasteiger partial charge in [0, 0.05) is 13.1 Å². The molecule has 0 spiro atoms. The van der Waals surface area contributed by atoms with E-state index >= 15 is 0 Å². The van der Waals surface area contributed by atoms with E-state index in [1.165, 1.54) is 0 Å². The molecule has 0 aliphatic carbocycles. The van der Waals surface area contributed by atoms with E-state index in [4.69, 9.17) is 0 Å². The Morgan fingerprint density at radius 2 is 2.36 bits per heavy atom. The highest BCUT2D eigenvalue weighted by Crippen LogP contribution is 2.17. The van der Waals surface area contributed by atoms with Gasteiger partial charge in [-0.3, -0.25) is 4.79 Å². The number of rotatable bonds is 3. The maximum atomic E-state index is 11.3. The molecule has 11 heavy (non-hydrogen) atoms. The van der Waals surface area contributed by atoms with Gasteiger partial charge in [-0.05, 0) is 6.42 Å². The van der Waals surface area contributed by atoms with Crippen LogP contribution in [-0.4, -0.2) is 23.9 Å². The first-order valence-corrected chi connectivity index (χ1v) is 3.82. The lowest BCUT2D eigenvalue weighted by molar-refractivity contribution is -0.129. The third-order valence-electron chi connectivity index (χ3n) is 1.97. The summed E-state index contributed by atoms with van der Waals surface area (Å²) in [6.45, 7) is 8.72. The molecule has 0 aromatic rings.